The molecule has 0 aliphatic heterocycles. The standard InChI is InChI=1S/C17H13NO3S2/c19-17(18-23(20,21)16-7-4-12-22-16)15-10-8-14(9-11-15)13-5-2-1-3-6-13/h1-12H,(H,18,19). The van der Waals surface area contributed by atoms with Crippen molar-refractivity contribution in [3.63, 3.8) is 0 Å². The van der Waals surface area contributed by atoms with Gasteiger partial charge in [0, 0.05) is 5.56 Å². The zero-order chi connectivity index (χ0) is 16.3. The van der Waals surface area contributed by atoms with Crippen molar-refractivity contribution in [2.45, 2.75) is 4.21 Å². The molecular formula is C17H13NO3S2. The number of hydrogen-bond donors (Lipinski definition) is 1. The van der Waals surface area contributed by atoms with Crippen LogP contribution in [0.25, 0.3) is 11.1 Å². The normalized spacial score (nSPS) is 11.1. The fraction of sp³-hybridized carbons (Fsp3) is 0. The van der Waals surface area contributed by atoms with Gasteiger partial charge in [-0.25, -0.2) is 13.1 Å². The van der Waals surface area contributed by atoms with Crippen LogP contribution < -0.4 is 4.72 Å². The molecule has 0 unspecified atom stereocenters. The minimum absolute atomic E-state index is 0.117. The van der Waals surface area contributed by atoms with Crippen LogP contribution in [-0.4, -0.2) is 14.3 Å². The predicted octanol–water partition coefficient (Wildman–Crippen LogP) is 3.53. The summed E-state index contributed by atoms with van der Waals surface area (Å²) < 4.78 is 26.3. The average molecular weight is 343 g/mol. The Hall–Kier alpha value is -2.44. The van der Waals surface area contributed by atoms with E-state index in [0.29, 0.717) is 5.56 Å². The van der Waals surface area contributed by atoms with Crippen molar-refractivity contribution in [3.05, 3.63) is 77.7 Å². The number of carbonyl (C=O) groups excluding carboxylic acids is 1. The zero-order valence-corrected chi connectivity index (χ0v) is 13.6. The van der Waals surface area contributed by atoms with Crippen LogP contribution in [0.2, 0.25) is 0 Å². The maximum Gasteiger partial charge on any atom is 0.273 e. The molecule has 116 valence electrons. The highest BCUT2D eigenvalue weighted by Crippen LogP contribution is 2.20. The molecule has 0 bridgehead atoms. The second-order valence-electron chi connectivity index (χ2n) is 4.81. The SMILES string of the molecule is O=C(NS(=O)(=O)c1cccs1)c1ccc(-c2ccccc2)cc1. The van der Waals surface area contributed by atoms with Gasteiger partial charge in [0.1, 0.15) is 4.21 Å². The van der Waals surface area contributed by atoms with Crippen molar-refractivity contribution in [3.8, 4) is 11.1 Å². The van der Waals surface area contributed by atoms with E-state index in [-0.39, 0.29) is 4.21 Å². The lowest BCUT2D eigenvalue weighted by Crippen LogP contribution is -2.29. The van der Waals surface area contributed by atoms with Gasteiger partial charge in [-0.2, -0.15) is 0 Å². The first-order valence-electron chi connectivity index (χ1n) is 6.82. The topological polar surface area (TPSA) is 63.2 Å². The summed E-state index contributed by atoms with van der Waals surface area (Å²) >= 11 is 1.06. The lowest BCUT2D eigenvalue weighted by atomic mass is 10.0. The highest BCUT2D eigenvalue weighted by Gasteiger charge is 2.19. The highest BCUT2D eigenvalue weighted by atomic mass is 32.2. The largest absolute Gasteiger partial charge is 0.273 e. The molecule has 0 saturated carbocycles. The van der Waals surface area contributed by atoms with Crippen molar-refractivity contribution in [1.82, 2.24) is 4.72 Å². The third-order valence-electron chi connectivity index (χ3n) is 3.24. The van der Waals surface area contributed by atoms with Crippen LogP contribution in [-0.2, 0) is 10.0 Å². The Morgan fingerprint density at radius 3 is 2.09 bits per heavy atom. The number of thiophene rings is 1. The third kappa shape index (κ3) is 3.49. The lowest BCUT2D eigenvalue weighted by Gasteiger charge is -2.06. The van der Waals surface area contributed by atoms with E-state index in [4.69, 9.17) is 0 Å². The number of rotatable bonds is 4. The highest BCUT2D eigenvalue weighted by molar-refractivity contribution is 7.92. The first-order valence-corrected chi connectivity index (χ1v) is 9.19. The Balaban J connectivity index is 1.79. The fourth-order valence-corrected chi connectivity index (χ4v) is 4.06. The molecule has 1 heterocycles. The minimum Gasteiger partial charge on any atom is -0.268 e. The molecule has 3 rings (SSSR count). The molecule has 0 spiro atoms. The van der Waals surface area contributed by atoms with E-state index >= 15 is 0 Å². The Morgan fingerprint density at radius 2 is 1.48 bits per heavy atom. The van der Waals surface area contributed by atoms with Crippen LogP contribution in [0.1, 0.15) is 10.4 Å². The van der Waals surface area contributed by atoms with Gasteiger partial charge in [0.15, 0.2) is 0 Å². The summed E-state index contributed by atoms with van der Waals surface area (Å²) in [6.07, 6.45) is 0. The summed E-state index contributed by atoms with van der Waals surface area (Å²) in [5.74, 6) is -0.641. The Labute approximate surface area is 138 Å². The van der Waals surface area contributed by atoms with Gasteiger partial charge in [0.05, 0.1) is 0 Å². The van der Waals surface area contributed by atoms with Crippen molar-refractivity contribution < 1.29 is 13.2 Å². The van der Waals surface area contributed by atoms with Crippen LogP contribution in [0.5, 0.6) is 0 Å². The van der Waals surface area contributed by atoms with Crippen LogP contribution in [0.4, 0.5) is 0 Å². The zero-order valence-electron chi connectivity index (χ0n) is 12.0. The van der Waals surface area contributed by atoms with Gasteiger partial charge in [-0.15, -0.1) is 11.3 Å². The summed E-state index contributed by atoms with van der Waals surface area (Å²) in [6, 6.07) is 19.6. The van der Waals surface area contributed by atoms with Gasteiger partial charge >= 0.3 is 0 Å². The molecule has 0 saturated heterocycles. The van der Waals surface area contributed by atoms with E-state index in [2.05, 4.69) is 4.72 Å². The molecule has 0 fully saturated rings. The smallest absolute Gasteiger partial charge is 0.268 e. The number of nitrogens with one attached hydrogen (secondary N) is 1. The number of benzene rings is 2. The summed E-state index contributed by atoms with van der Waals surface area (Å²) in [5.41, 5.74) is 2.29. The molecule has 2 aromatic carbocycles. The van der Waals surface area contributed by atoms with Gasteiger partial charge in [0.2, 0.25) is 0 Å². The van der Waals surface area contributed by atoms with Gasteiger partial charge in [0.25, 0.3) is 15.9 Å². The van der Waals surface area contributed by atoms with Crippen LogP contribution in [0.3, 0.4) is 0 Å². The van der Waals surface area contributed by atoms with E-state index in [9.17, 15) is 13.2 Å². The number of hydrogen-bond acceptors (Lipinski definition) is 4. The monoisotopic (exact) mass is 343 g/mol. The lowest BCUT2D eigenvalue weighted by molar-refractivity contribution is 0.0981. The van der Waals surface area contributed by atoms with Crippen molar-refractivity contribution >= 4 is 27.3 Å². The molecule has 0 radical (unpaired) electrons. The second kappa shape index (κ2) is 6.36. The van der Waals surface area contributed by atoms with E-state index in [1.54, 1.807) is 35.7 Å². The summed E-state index contributed by atoms with van der Waals surface area (Å²) in [4.78, 5) is 12.1. The van der Waals surface area contributed by atoms with Gasteiger partial charge in [-0.05, 0) is 34.7 Å². The van der Waals surface area contributed by atoms with Gasteiger partial charge in [-0.1, -0.05) is 48.5 Å². The summed E-state index contributed by atoms with van der Waals surface area (Å²) in [6.45, 7) is 0. The fourth-order valence-electron chi connectivity index (χ4n) is 2.09. The second-order valence-corrected chi connectivity index (χ2v) is 7.67. The molecule has 1 amide bonds. The van der Waals surface area contributed by atoms with Gasteiger partial charge < -0.3 is 0 Å². The average Bonchev–Trinajstić information content (AvgIpc) is 3.11. The van der Waals surface area contributed by atoms with Crippen LogP contribution in [0.15, 0.2) is 76.3 Å². The molecule has 0 aliphatic carbocycles. The molecule has 0 aliphatic rings. The maximum atomic E-state index is 12.1. The number of carbonyl (C=O) groups is 1. The molecular weight excluding hydrogens is 330 g/mol. The van der Waals surface area contributed by atoms with E-state index in [0.717, 1.165) is 22.5 Å². The van der Waals surface area contributed by atoms with Crippen LogP contribution in [0, 0.1) is 0 Å². The van der Waals surface area contributed by atoms with Crippen molar-refractivity contribution in [2.75, 3.05) is 0 Å². The molecule has 1 aromatic heterocycles. The number of amides is 1. The molecule has 1 N–H and O–H groups in total. The summed E-state index contributed by atoms with van der Waals surface area (Å²) in [7, 11) is -3.81. The van der Waals surface area contributed by atoms with E-state index < -0.39 is 15.9 Å². The molecule has 6 heteroatoms. The predicted molar refractivity (Wildman–Crippen MR) is 90.8 cm³/mol. The van der Waals surface area contributed by atoms with E-state index in [1.807, 2.05) is 30.3 Å². The van der Waals surface area contributed by atoms with Crippen molar-refractivity contribution in [2.24, 2.45) is 0 Å². The Morgan fingerprint density at radius 1 is 0.826 bits per heavy atom. The van der Waals surface area contributed by atoms with Gasteiger partial charge in [-0.3, -0.25) is 4.79 Å². The molecule has 3 aromatic rings. The molecule has 4 nitrogen and oxygen atoms in total. The van der Waals surface area contributed by atoms with E-state index in [1.165, 1.54) is 6.07 Å². The third-order valence-corrected chi connectivity index (χ3v) is 5.97. The number of sulfonamides is 1. The minimum atomic E-state index is -3.81. The summed E-state index contributed by atoms with van der Waals surface area (Å²) in [5, 5.41) is 1.65. The quantitative estimate of drug-likeness (QED) is 0.788. The first kappa shape index (κ1) is 15.5. The maximum absolute atomic E-state index is 12.1. The Bertz CT molecular complexity index is 900. The van der Waals surface area contributed by atoms with Crippen molar-refractivity contribution in [1.29, 1.82) is 0 Å². The first-order chi connectivity index (χ1) is 11.1. The molecule has 0 atom stereocenters. The van der Waals surface area contributed by atoms with Crippen LogP contribution >= 0.6 is 11.3 Å². The molecule has 23 heavy (non-hydrogen) atoms. The Kier molecular flexibility index (Phi) is 4.27.